The van der Waals surface area contributed by atoms with Crippen LogP contribution in [0.2, 0.25) is 5.02 Å². The maximum atomic E-state index is 11.2. The van der Waals surface area contributed by atoms with Gasteiger partial charge in [-0.05, 0) is 36.7 Å². The van der Waals surface area contributed by atoms with Crippen LogP contribution in [0.4, 0.5) is 5.82 Å². The Morgan fingerprint density at radius 1 is 1.20 bits per heavy atom. The van der Waals surface area contributed by atoms with Gasteiger partial charge in [0.1, 0.15) is 11.3 Å². The number of halogens is 1. The molecule has 0 spiro atoms. The summed E-state index contributed by atoms with van der Waals surface area (Å²) < 4.78 is 1.65. The lowest BCUT2D eigenvalue weighted by atomic mass is 10.0. The number of aryl methyl sites for hydroxylation is 2. The minimum Gasteiger partial charge on any atom is -0.281 e. The van der Waals surface area contributed by atoms with Crippen molar-refractivity contribution >= 4 is 23.1 Å². The highest BCUT2D eigenvalue weighted by atomic mass is 35.5. The first-order chi connectivity index (χ1) is 9.60. The molecule has 0 unspecified atom stereocenters. The lowest BCUT2D eigenvalue weighted by Gasteiger charge is -2.04. The predicted octanol–water partition coefficient (Wildman–Crippen LogP) is 4.67. The summed E-state index contributed by atoms with van der Waals surface area (Å²) in [7, 11) is 0. The van der Waals surface area contributed by atoms with E-state index in [9.17, 15) is 4.91 Å². The zero-order valence-corrected chi connectivity index (χ0v) is 11.8. The van der Waals surface area contributed by atoms with Gasteiger partial charge in [-0.1, -0.05) is 29.3 Å². The number of nitroso groups, excluding NO2 is 1. The number of nitrogens with zero attached hydrogens (tertiary/aromatic N) is 3. The lowest BCUT2D eigenvalue weighted by molar-refractivity contribution is 1.16. The van der Waals surface area contributed by atoms with Crippen LogP contribution in [0.1, 0.15) is 11.1 Å². The van der Waals surface area contributed by atoms with Gasteiger partial charge in [-0.15, -0.1) is 4.91 Å². The summed E-state index contributed by atoms with van der Waals surface area (Å²) >= 11 is 5.96. The van der Waals surface area contributed by atoms with Crippen LogP contribution in [0.5, 0.6) is 0 Å². The number of aromatic nitrogens is 2. The maximum Gasteiger partial charge on any atom is 0.209 e. The van der Waals surface area contributed by atoms with E-state index in [2.05, 4.69) is 10.2 Å². The first kappa shape index (κ1) is 12.8. The van der Waals surface area contributed by atoms with Gasteiger partial charge in [-0.25, -0.2) is 4.98 Å². The Morgan fingerprint density at radius 3 is 2.75 bits per heavy atom. The first-order valence-corrected chi connectivity index (χ1v) is 6.56. The summed E-state index contributed by atoms with van der Waals surface area (Å²) in [5, 5.41) is 3.72. The summed E-state index contributed by atoms with van der Waals surface area (Å²) in [6.45, 7) is 3.99. The summed E-state index contributed by atoms with van der Waals surface area (Å²) in [6.07, 6.45) is 1.70. The molecule has 0 bridgehead atoms. The molecule has 0 aliphatic heterocycles. The van der Waals surface area contributed by atoms with Crippen molar-refractivity contribution in [1.29, 1.82) is 0 Å². The first-order valence-electron chi connectivity index (χ1n) is 6.19. The minimum atomic E-state index is 0.297. The highest BCUT2D eigenvalue weighted by Crippen LogP contribution is 2.33. The Kier molecular flexibility index (Phi) is 3.03. The quantitative estimate of drug-likeness (QED) is 0.642. The van der Waals surface area contributed by atoms with E-state index in [0.29, 0.717) is 22.2 Å². The van der Waals surface area contributed by atoms with Crippen molar-refractivity contribution in [3.05, 3.63) is 57.6 Å². The number of rotatable bonds is 2. The molecule has 3 aromatic rings. The van der Waals surface area contributed by atoms with Gasteiger partial charge in [-0.2, -0.15) is 0 Å². The Balaban J connectivity index is 2.35. The molecule has 0 atom stereocenters. The van der Waals surface area contributed by atoms with Gasteiger partial charge >= 0.3 is 0 Å². The highest BCUT2D eigenvalue weighted by Gasteiger charge is 2.16. The van der Waals surface area contributed by atoms with Gasteiger partial charge in [0, 0.05) is 22.8 Å². The molecule has 0 radical (unpaired) electrons. The van der Waals surface area contributed by atoms with Crippen LogP contribution in [0.3, 0.4) is 0 Å². The van der Waals surface area contributed by atoms with Gasteiger partial charge in [0.05, 0.1) is 0 Å². The van der Waals surface area contributed by atoms with Crippen molar-refractivity contribution in [2.24, 2.45) is 5.18 Å². The maximum absolute atomic E-state index is 11.2. The Morgan fingerprint density at radius 2 is 2.00 bits per heavy atom. The molecule has 2 heterocycles. The summed E-state index contributed by atoms with van der Waals surface area (Å²) in [4.78, 5) is 15.7. The third kappa shape index (κ3) is 1.98. The number of pyridine rings is 1. The molecule has 5 heteroatoms. The van der Waals surface area contributed by atoms with E-state index in [0.717, 1.165) is 16.7 Å². The van der Waals surface area contributed by atoms with Crippen LogP contribution >= 0.6 is 11.6 Å². The summed E-state index contributed by atoms with van der Waals surface area (Å²) in [5.41, 5.74) is 4.28. The zero-order valence-electron chi connectivity index (χ0n) is 11.1. The second-order valence-corrected chi connectivity index (χ2v) is 5.20. The van der Waals surface area contributed by atoms with Crippen LogP contribution in [0.15, 0.2) is 41.7 Å². The predicted molar refractivity (Wildman–Crippen MR) is 80.6 cm³/mol. The molecular formula is C15H12ClN3O. The number of hydrogen-bond donors (Lipinski definition) is 0. The molecule has 0 amide bonds. The molecule has 100 valence electrons. The third-order valence-corrected chi connectivity index (χ3v) is 3.53. The van der Waals surface area contributed by atoms with E-state index in [-0.39, 0.29) is 0 Å². The van der Waals surface area contributed by atoms with E-state index in [4.69, 9.17) is 11.6 Å². The molecular weight excluding hydrogens is 274 g/mol. The number of benzene rings is 1. The molecule has 2 aromatic heterocycles. The van der Waals surface area contributed by atoms with E-state index in [1.54, 1.807) is 22.7 Å². The fraction of sp³-hybridized carbons (Fsp3) is 0.133. The zero-order chi connectivity index (χ0) is 14.3. The van der Waals surface area contributed by atoms with Crippen molar-refractivity contribution < 1.29 is 0 Å². The van der Waals surface area contributed by atoms with Crippen LogP contribution in [0.25, 0.3) is 16.9 Å². The van der Waals surface area contributed by atoms with Crippen molar-refractivity contribution in [3.63, 3.8) is 0 Å². The van der Waals surface area contributed by atoms with Crippen LogP contribution in [0, 0.1) is 18.8 Å². The largest absolute Gasteiger partial charge is 0.281 e. The monoisotopic (exact) mass is 285 g/mol. The fourth-order valence-electron chi connectivity index (χ4n) is 2.27. The summed E-state index contributed by atoms with van der Waals surface area (Å²) in [5.74, 6) is 0.297. The fourth-order valence-corrected chi connectivity index (χ4v) is 2.42. The van der Waals surface area contributed by atoms with Gasteiger partial charge in [0.25, 0.3) is 0 Å². The second kappa shape index (κ2) is 4.72. The lowest BCUT2D eigenvalue weighted by Crippen LogP contribution is -1.85. The minimum absolute atomic E-state index is 0.297. The van der Waals surface area contributed by atoms with Crippen molar-refractivity contribution in [1.82, 2.24) is 9.38 Å². The highest BCUT2D eigenvalue weighted by molar-refractivity contribution is 6.30. The van der Waals surface area contributed by atoms with Crippen LogP contribution in [-0.4, -0.2) is 9.38 Å². The van der Waals surface area contributed by atoms with E-state index in [1.165, 1.54) is 0 Å². The van der Waals surface area contributed by atoms with Gasteiger partial charge in [0.15, 0.2) is 0 Å². The average molecular weight is 286 g/mol. The molecule has 1 aromatic carbocycles. The van der Waals surface area contributed by atoms with Gasteiger partial charge in [0.2, 0.25) is 5.82 Å². The van der Waals surface area contributed by atoms with Crippen LogP contribution in [-0.2, 0) is 0 Å². The number of fused-ring (bicyclic) bond motifs is 1. The molecule has 0 fully saturated rings. The smallest absolute Gasteiger partial charge is 0.209 e. The Labute approximate surface area is 121 Å². The molecule has 3 rings (SSSR count). The molecule has 0 aliphatic carbocycles. The third-order valence-electron chi connectivity index (χ3n) is 3.30. The van der Waals surface area contributed by atoms with Gasteiger partial charge in [-0.3, -0.25) is 4.40 Å². The molecule has 0 N–H and O–H groups in total. The van der Waals surface area contributed by atoms with Crippen molar-refractivity contribution in [3.8, 4) is 11.3 Å². The van der Waals surface area contributed by atoms with E-state index < -0.39 is 0 Å². The SMILES string of the molecule is Cc1ccc(C)c(-c2nc3cc(Cl)ccn3c2N=O)c1. The molecule has 20 heavy (non-hydrogen) atoms. The van der Waals surface area contributed by atoms with E-state index >= 15 is 0 Å². The van der Waals surface area contributed by atoms with Crippen molar-refractivity contribution in [2.45, 2.75) is 13.8 Å². The second-order valence-electron chi connectivity index (χ2n) is 4.77. The standard InChI is InChI=1S/C15H12ClN3O/c1-9-3-4-10(2)12(7-9)14-15(18-20)19-6-5-11(16)8-13(19)17-14/h3-8H,1-2H3. The molecule has 0 saturated heterocycles. The Hall–Kier alpha value is -2.20. The summed E-state index contributed by atoms with van der Waals surface area (Å²) in [6, 6.07) is 9.46. The Bertz CT molecular complexity index is 823. The van der Waals surface area contributed by atoms with E-state index in [1.807, 2.05) is 32.0 Å². The topological polar surface area (TPSA) is 46.7 Å². The number of hydrogen-bond acceptors (Lipinski definition) is 3. The molecule has 0 aliphatic rings. The number of imidazole rings is 1. The molecule has 0 saturated carbocycles. The van der Waals surface area contributed by atoms with Gasteiger partial charge < -0.3 is 0 Å². The van der Waals surface area contributed by atoms with Crippen LogP contribution < -0.4 is 0 Å². The normalized spacial score (nSPS) is 10.9. The average Bonchev–Trinajstić information content (AvgIpc) is 2.78. The van der Waals surface area contributed by atoms with Crippen molar-refractivity contribution in [2.75, 3.05) is 0 Å². The molecule has 4 nitrogen and oxygen atoms in total.